The number of benzene rings is 1. The largest absolute Gasteiger partial charge is 0.507 e. The van der Waals surface area contributed by atoms with Crippen molar-refractivity contribution in [3.05, 3.63) is 29.6 Å². The molecular weight excluding hydrogens is 245 g/mol. The van der Waals surface area contributed by atoms with Gasteiger partial charge in [0.15, 0.2) is 0 Å². The van der Waals surface area contributed by atoms with Crippen LogP contribution in [-0.2, 0) is 0 Å². The number of alkyl halides is 1. The second kappa shape index (κ2) is 7.12. The smallest absolute Gasteiger partial charge is 0.258 e. The first kappa shape index (κ1) is 13.8. The monoisotopic (exact) mass is 259 g/mol. The van der Waals surface area contributed by atoms with Crippen molar-refractivity contribution in [1.29, 1.82) is 0 Å². The number of carbonyl (C=O) groups excluding carboxylic acids is 1. The normalized spacial score (nSPS) is 10.2. The van der Waals surface area contributed by atoms with E-state index < -0.39 is 11.7 Å². The minimum Gasteiger partial charge on any atom is -0.507 e. The summed E-state index contributed by atoms with van der Waals surface area (Å²) in [5.41, 5.74) is -0.301. The van der Waals surface area contributed by atoms with E-state index in [2.05, 4.69) is 5.32 Å². The molecule has 0 saturated heterocycles. The summed E-state index contributed by atoms with van der Waals surface area (Å²) in [6.07, 6.45) is 2.59. The molecule has 0 aliphatic rings. The van der Waals surface area contributed by atoms with Gasteiger partial charge < -0.3 is 10.4 Å². The highest BCUT2D eigenvalue weighted by Gasteiger charge is 2.15. The van der Waals surface area contributed by atoms with Crippen molar-refractivity contribution >= 4 is 17.5 Å². The van der Waals surface area contributed by atoms with E-state index >= 15 is 0 Å². The average Bonchev–Trinajstić information content (AvgIpc) is 2.28. The summed E-state index contributed by atoms with van der Waals surface area (Å²) >= 11 is 5.51. The van der Waals surface area contributed by atoms with E-state index in [0.717, 1.165) is 25.3 Å². The van der Waals surface area contributed by atoms with Crippen LogP contribution >= 0.6 is 11.6 Å². The van der Waals surface area contributed by atoms with E-state index in [1.54, 1.807) is 0 Å². The van der Waals surface area contributed by atoms with Crippen molar-refractivity contribution in [2.75, 3.05) is 12.4 Å². The van der Waals surface area contributed by atoms with Crippen LogP contribution in [0, 0.1) is 5.82 Å². The first-order chi connectivity index (χ1) is 8.16. The van der Waals surface area contributed by atoms with Crippen LogP contribution in [-0.4, -0.2) is 23.4 Å². The highest BCUT2D eigenvalue weighted by atomic mass is 35.5. The van der Waals surface area contributed by atoms with Crippen molar-refractivity contribution < 1.29 is 14.3 Å². The number of halogens is 2. The Balaban J connectivity index is 2.47. The molecule has 1 aromatic rings. The predicted octanol–water partition coefficient (Wildman–Crippen LogP) is 2.67. The van der Waals surface area contributed by atoms with Gasteiger partial charge in [-0.25, -0.2) is 4.39 Å². The van der Waals surface area contributed by atoms with Gasteiger partial charge in [-0.15, -0.1) is 11.6 Å². The van der Waals surface area contributed by atoms with E-state index in [1.807, 2.05) is 0 Å². The van der Waals surface area contributed by atoms with Gasteiger partial charge in [0, 0.05) is 12.4 Å². The lowest BCUT2D eigenvalue weighted by Gasteiger charge is -2.07. The van der Waals surface area contributed by atoms with Crippen molar-refractivity contribution in [3.8, 4) is 5.75 Å². The number of carbonyl (C=O) groups is 1. The van der Waals surface area contributed by atoms with Gasteiger partial charge in [0.25, 0.3) is 5.91 Å². The van der Waals surface area contributed by atoms with E-state index in [-0.39, 0.29) is 11.3 Å². The fourth-order valence-electron chi connectivity index (χ4n) is 1.42. The van der Waals surface area contributed by atoms with Crippen molar-refractivity contribution in [3.63, 3.8) is 0 Å². The Morgan fingerprint density at radius 3 is 2.76 bits per heavy atom. The summed E-state index contributed by atoms with van der Waals surface area (Å²) in [7, 11) is 0. The molecule has 0 heterocycles. The Labute approximate surface area is 105 Å². The number of hydrogen-bond acceptors (Lipinski definition) is 2. The van der Waals surface area contributed by atoms with Crippen LogP contribution in [0.2, 0.25) is 0 Å². The lowest BCUT2D eigenvalue weighted by Crippen LogP contribution is -2.25. The molecule has 0 saturated carbocycles. The van der Waals surface area contributed by atoms with E-state index in [0.29, 0.717) is 12.4 Å². The summed E-state index contributed by atoms with van der Waals surface area (Å²) in [6.45, 7) is 0.448. The van der Waals surface area contributed by atoms with Crippen LogP contribution in [0.15, 0.2) is 18.2 Å². The molecule has 1 amide bonds. The van der Waals surface area contributed by atoms with Gasteiger partial charge in [0.1, 0.15) is 17.1 Å². The number of hydrogen-bond donors (Lipinski definition) is 2. The molecule has 2 N–H and O–H groups in total. The van der Waals surface area contributed by atoms with Gasteiger partial charge in [0.05, 0.1) is 0 Å². The topological polar surface area (TPSA) is 49.3 Å². The molecule has 17 heavy (non-hydrogen) atoms. The lowest BCUT2D eigenvalue weighted by molar-refractivity contribution is 0.0946. The summed E-state index contributed by atoms with van der Waals surface area (Å²) in [4.78, 5) is 11.6. The minimum atomic E-state index is -0.719. The van der Waals surface area contributed by atoms with E-state index in [4.69, 9.17) is 11.6 Å². The second-order valence-corrected chi connectivity index (χ2v) is 4.02. The van der Waals surface area contributed by atoms with E-state index in [9.17, 15) is 14.3 Å². The van der Waals surface area contributed by atoms with Crippen molar-refractivity contribution in [1.82, 2.24) is 5.32 Å². The molecule has 0 radical (unpaired) electrons. The molecule has 94 valence electrons. The van der Waals surface area contributed by atoms with Crippen LogP contribution < -0.4 is 5.32 Å². The third-order valence-electron chi connectivity index (χ3n) is 2.31. The Kier molecular flexibility index (Phi) is 5.77. The lowest BCUT2D eigenvalue weighted by atomic mass is 10.1. The van der Waals surface area contributed by atoms with Crippen LogP contribution in [0.25, 0.3) is 0 Å². The third-order valence-corrected chi connectivity index (χ3v) is 2.58. The highest BCUT2D eigenvalue weighted by Crippen LogP contribution is 2.19. The zero-order chi connectivity index (χ0) is 12.7. The predicted molar refractivity (Wildman–Crippen MR) is 65.0 cm³/mol. The van der Waals surface area contributed by atoms with Gasteiger partial charge in [0.2, 0.25) is 0 Å². The molecule has 0 unspecified atom stereocenters. The first-order valence-electron chi connectivity index (χ1n) is 5.48. The maximum absolute atomic E-state index is 13.3. The maximum Gasteiger partial charge on any atom is 0.258 e. The highest BCUT2D eigenvalue weighted by molar-refractivity contribution is 6.17. The van der Waals surface area contributed by atoms with Gasteiger partial charge in [-0.3, -0.25) is 4.79 Å². The molecule has 0 atom stereocenters. The number of amides is 1. The molecule has 0 bridgehead atoms. The van der Waals surface area contributed by atoms with Crippen molar-refractivity contribution in [2.45, 2.75) is 19.3 Å². The molecule has 0 fully saturated rings. The van der Waals surface area contributed by atoms with Crippen molar-refractivity contribution in [2.24, 2.45) is 0 Å². The number of phenolic OH excluding ortho intramolecular Hbond substituents is 1. The molecule has 5 heteroatoms. The minimum absolute atomic E-state index is 0.301. The number of unbranched alkanes of at least 4 members (excludes halogenated alkanes) is 2. The number of aromatic hydroxyl groups is 1. The fraction of sp³-hybridized carbons (Fsp3) is 0.417. The Bertz CT molecular complexity index is 365. The summed E-state index contributed by atoms with van der Waals surface area (Å²) in [5.74, 6) is -1.06. The SMILES string of the molecule is O=C(NCCCCCCl)c1c(O)cccc1F. The van der Waals surface area contributed by atoms with Crippen LogP contribution in [0.3, 0.4) is 0 Å². The zero-order valence-electron chi connectivity index (χ0n) is 9.38. The Morgan fingerprint density at radius 2 is 2.12 bits per heavy atom. The summed E-state index contributed by atoms with van der Waals surface area (Å²) in [6, 6.07) is 3.77. The standard InChI is InChI=1S/C12H15ClFNO2/c13-7-2-1-3-8-15-12(17)11-9(14)5-4-6-10(11)16/h4-6,16H,1-3,7-8H2,(H,15,17). The molecule has 0 aromatic heterocycles. The molecule has 0 aliphatic carbocycles. The zero-order valence-corrected chi connectivity index (χ0v) is 10.1. The molecule has 0 spiro atoms. The molecular formula is C12H15ClFNO2. The van der Waals surface area contributed by atoms with Crippen LogP contribution in [0.1, 0.15) is 29.6 Å². The summed E-state index contributed by atoms with van der Waals surface area (Å²) < 4.78 is 13.3. The Morgan fingerprint density at radius 1 is 1.35 bits per heavy atom. The molecule has 1 rings (SSSR count). The quantitative estimate of drug-likeness (QED) is 0.610. The fourth-order valence-corrected chi connectivity index (χ4v) is 1.61. The van der Waals surface area contributed by atoms with Gasteiger partial charge >= 0.3 is 0 Å². The van der Waals surface area contributed by atoms with Gasteiger partial charge in [-0.05, 0) is 25.0 Å². The van der Waals surface area contributed by atoms with E-state index in [1.165, 1.54) is 12.1 Å². The molecule has 3 nitrogen and oxygen atoms in total. The first-order valence-corrected chi connectivity index (χ1v) is 6.02. The second-order valence-electron chi connectivity index (χ2n) is 3.64. The number of nitrogens with one attached hydrogen (secondary N) is 1. The number of rotatable bonds is 6. The maximum atomic E-state index is 13.3. The summed E-state index contributed by atoms with van der Waals surface area (Å²) in [5, 5.41) is 11.9. The van der Waals surface area contributed by atoms with Gasteiger partial charge in [-0.1, -0.05) is 12.5 Å². The number of phenols is 1. The van der Waals surface area contributed by atoms with Crippen LogP contribution in [0.4, 0.5) is 4.39 Å². The average molecular weight is 260 g/mol. The molecule has 0 aliphatic heterocycles. The Hall–Kier alpha value is -1.29. The van der Waals surface area contributed by atoms with Crippen LogP contribution in [0.5, 0.6) is 5.75 Å². The molecule has 1 aromatic carbocycles. The third kappa shape index (κ3) is 4.23. The van der Waals surface area contributed by atoms with Gasteiger partial charge in [-0.2, -0.15) is 0 Å².